The smallest absolute Gasteiger partial charge is 0.222 e. The molecule has 1 aromatic heterocycles. The Labute approximate surface area is 95.8 Å². The van der Waals surface area contributed by atoms with Crippen molar-refractivity contribution >= 4 is 5.91 Å². The van der Waals surface area contributed by atoms with Crippen LogP contribution in [-0.2, 0) is 17.9 Å². The number of nitrogens with one attached hydrogen (secondary N) is 1. The Balaban J connectivity index is 1.83. The van der Waals surface area contributed by atoms with Crippen LogP contribution in [0.4, 0.5) is 0 Å². The first kappa shape index (κ1) is 11.2. The molecular formula is C12H19N3O. The molecule has 4 heteroatoms. The van der Waals surface area contributed by atoms with E-state index >= 15 is 0 Å². The summed E-state index contributed by atoms with van der Waals surface area (Å²) in [5, 5.41) is 3.46. The molecule has 1 aromatic rings. The first-order valence-electron chi connectivity index (χ1n) is 5.82. The maximum Gasteiger partial charge on any atom is 0.222 e. The lowest BCUT2D eigenvalue weighted by Gasteiger charge is -2.07. The van der Waals surface area contributed by atoms with Crippen molar-refractivity contribution in [2.45, 2.75) is 38.9 Å². The van der Waals surface area contributed by atoms with Crippen molar-refractivity contribution in [1.82, 2.24) is 9.88 Å². The molecule has 2 rings (SSSR count). The highest BCUT2D eigenvalue weighted by Gasteiger charge is 2.20. The first-order chi connectivity index (χ1) is 7.65. The van der Waals surface area contributed by atoms with E-state index in [2.05, 4.69) is 17.6 Å². The number of nitrogens with zero attached hydrogens (tertiary/aromatic N) is 1. The third kappa shape index (κ3) is 3.10. The van der Waals surface area contributed by atoms with Gasteiger partial charge in [0.25, 0.3) is 0 Å². The summed E-state index contributed by atoms with van der Waals surface area (Å²) >= 11 is 0. The number of hydrogen-bond acceptors (Lipinski definition) is 2. The zero-order valence-corrected chi connectivity index (χ0v) is 9.65. The Kier molecular flexibility index (Phi) is 3.29. The van der Waals surface area contributed by atoms with Crippen molar-refractivity contribution in [2.24, 2.45) is 11.7 Å². The number of carbonyl (C=O) groups excluding carboxylic acids is 1. The average molecular weight is 221 g/mol. The van der Waals surface area contributed by atoms with Crippen molar-refractivity contribution in [2.75, 3.05) is 0 Å². The molecule has 0 aromatic carbocycles. The van der Waals surface area contributed by atoms with Gasteiger partial charge >= 0.3 is 0 Å². The minimum absolute atomic E-state index is 0.114. The number of hydrogen-bond donors (Lipinski definition) is 2. The van der Waals surface area contributed by atoms with E-state index in [9.17, 15) is 4.79 Å². The van der Waals surface area contributed by atoms with E-state index in [0.717, 1.165) is 12.6 Å². The fourth-order valence-electron chi connectivity index (χ4n) is 1.66. The fraction of sp³-hybridized carbons (Fsp3) is 0.583. The predicted molar refractivity (Wildman–Crippen MR) is 62.7 cm³/mol. The molecule has 1 fully saturated rings. The number of carbonyl (C=O) groups is 1. The second kappa shape index (κ2) is 4.70. The van der Waals surface area contributed by atoms with Crippen LogP contribution in [0.25, 0.3) is 0 Å². The number of primary amides is 1. The van der Waals surface area contributed by atoms with Crippen LogP contribution < -0.4 is 11.1 Å². The molecule has 0 radical (unpaired) electrons. The number of nitrogens with two attached hydrogens (primary N) is 1. The van der Waals surface area contributed by atoms with E-state index < -0.39 is 0 Å². The lowest BCUT2D eigenvalue weighted by atomic mass is 10.2. The molecule has 88 valence electrons. The average Bonchev–Trinajstić information content (AvgIpc) is 2.97. The molecule has 4 nitrogen and oxygen atoms in total. The van der Waals surface area contributed by atoms with E-state index in [0.29, 0.717) is 6.54 Å². The molecule has 1 aliphatic rings. The summed E-state index contributed by atoms with van der Waals surface area (Å²) in [7, 11) is 0. The molecule has 1 heterocycles. The fourth-order valence-corrected chi connectivity index (χ4v) is 1.66. The first-order valence-corrected chi connectivity index (χ1v) is 5.82. The Hall–Kier alpha value is -1.29. The third-order valence-electron chi connectivity index (χ3n) is 2.95. The van der Waals surface area contributed by atoms with Gasteiger partial charge in [0.15, 0.2) is 0 Å². The standard InChI is InChI=1S/C12H19N3O/c1-9(12(13)16)7-15-5-4-10(8-15)6-14-11-2-3-11/h4-5,8-9,11,14H,2-3,6-7H2,1H3,(H2,13,16). The van der Waals surface area contributed by atoms with Gasteiger partial charge in [-0.15, -0.1) is 0 Å². The van der Waals surface area contributed by atoms with Crippen molar-refractivity contribution in [3.63, 3.8) is 0 Å². The van der Waals surface area contributed by atoms with Gasteiger partial charge in [-0.2, -0.15) is 0 Å². The van der Waals surface area contributed by atoms with Crippen LogP contribution in [0.1, 0.15) is 25.3 Å². The van der Waals surface area contributed by atoms with Gasteiger partial charge in [0.2, 0.25) is 5.91 Å². The Morgan fingerprint density at radius 1 is 1.69 bits per heavy atom. The van der Waals surface area contributed by atoms with E-state index in [1.807, 2.05) is 17.7 Å². The molecule has 1 unspecified atom stereocenters. The second-order valence-corrected chi connectivity index (χ2v) is 4.68. The maximum absolute atomic E-state index is 10.9. The second-order valence-electron chi connectivity index (χ2n) is 4.68. The highest BCUT2D eigenvalue weighted by atomic mass is 16.1. The summed E-state index contributed by atoms with van der Waals surface area (Å²) in [5.41, 5.74) is 6.50. The van der Waals surface area contributed by atoms with Gasteiger partial charge in [-0.1, -0.05) is 6.92 Å². The molecule has 1 atom stereocenters. The van der Waals surface area contributed by atoms with Gasteiger partial charge in [0.1, 0.15) is 0 Å². The summed E-state index contributed by atoms with van der Waals surface area (Å²) in [6.45, 7) is 3.44. The van der Waals surface area contributed by atoms with Gasteiger partial charge in [-0.25, -0.2) is 0 Å². The summed E-state index contributed by atoms with van der Waals surface area (Å²) in [6, 6.07) is 2.82. The molecule has 1 saturated carbocycles. The summed E-state index contributed by atoms with van der Waals surface area (Å²) in [6.07, 6.45) is 6.69. The normalized spacial score (nSPS) is 17.3. The van der Waals surface area contributed by atoms with Crippen LogP contribution in [0.15, 0.2) is 18.5 Å². The highest BCUT2D eigenvalue weighted by Crippen LogP contribution is 2.19. The monoisotopic (exact) mass is 221 g/mol. The third-order valence-corrected chi connectivity index (χ3v) is 2.95. The van der Waals surface area contributed by atoms with Crippen LogP contribution >= 0.6 is 0 Å². The van der Waals surface area contributed by atoms with Gasteiger partial charge in [0.05, 0.1) is 5.92 Å². The van der Waals surface area contributed by atoms with Crippen LogP contribution in [0.5, 0.6) is 0 Å². The van der Waals surface area contributed by atoms with Crippen LogP contribution in [0.2, 0.25) is 0 Å². The van der Waals surface area contributed by atoms with Gasteiger partial charge in [-0.3, -0.25) is 4.79 Å². The molecule has 0 aliphatic heterocycles. The maximum atomic E-state index is 10.9. The lowest BCUT2D eigenvalue weighted by molar-refractivity contribution is -0.121. The minimum atomic E-state index is -0.244. The molecule has 3 N–H and O–H groups in total. The Morgan fingerprint density at radius 3 is 3.06 bits per heavy atom. The Bertz CT molecular complexity index is 368. The zero-order valence-electron chi connectivity index (χ0n) is 9.65. The van der Waals surface area contributed by atoms with Crippen molar-refractivity contribution in [3.8, 4) is 0 Å². The van der Waals surface area contributed by atoms with E-state index in [1.54, 1.807) is 0 Å². The van der Waals surface area contributed by atoms with E-state index in [4.69, 9.17) is 5.73 Å². The quantitative estimate of drug-likeness (QED) is 0.748. The van der Waals surface area contributed by atoms with E-state index in [-0.39, 0.29) is 11.8 Å². The summed E-state index contributed by atoms with van der Waals surface area (Å²) in [5.74, 6) is -0.358. The molecule has 0 saturated heterocycles. The summed E-state index contributed by atoms with van der Waals surface area (Å²) in [4.78, 5) is 10.9. The largest absolute Gasteiger partial charge is 0.369 e. The lowest BCUT2D eigenvalue weighted by Crippen LogP contribution is -2.24. The van der Waals surface area contributed by atoms with Crippen LogP contribution in [0.3, 0.4) is 0 Å². The number of rotatable bonds is 6. The van der Waals surface area contributed by atoms with Gasteiger partial charge in [0, 0.05) is 31.5 Å². The van der Waals surface area contributed by atoms with Crippen LogP contribution in [0, 0.1) is 5.92 Å². The highest BCUT2D eigenvalue weighted by molar-refractivity contribution is 5.76. The minimum Gasteiger partial charge on any atom is -0.369 e. The van der Waals surface area contributed by atoms with Gasteiger partial charge < -0.3 is 15.6 Å². The molecule has 0 spiro atoms. The topological polar surface area (TPSA) is 60.1 Å². The molecular weight excluding hydrogens is 202 g/mol. The Morgan fingerprint density at radius 2 is 2.44 bits per heavy atom. The van der Waals surface area contributed by atoms with Crippen molar-refractivity contribution in [1.29, 1.82) is 0 Å². The molecule has 1 aliphatic carbocycles. The van der Waals surface area contributed by atoms with Crippen LogP contribution in [-0.4, -0.2) is 16.5 Å². The van der Waals surface area contributed by atoms with Crippen molar-refractivity contribution < 1.29 is 4.79 Å². The predicted octanol–water partition coefficient (Wildman–Crippen LogP) is 0.862. The van der Waals surface area contributed by atoms with Gasteiger partial charge in [-0.05, 0) is 24.5 Å². The molecule has 0 bridgehead atoms. The summed E-state index contributed by atoms with van der Waals surface area (Å²) < 4.78 is 2.03. The molecule has 16 heavy (non-hydrogen) atoms. The number of aromatic nitrogens is 1. The number of amides is 1. The SMILES string of the molecule is CC(Cn1ccc(CNC2CC2)c1)C(N)=O. The molecule has 1 amide bonds. The van der Waals surface area contributed by atoms with Crippen molar-refractivity contribution in [3.05, 3.63) is 24.0 Å². The van der Waals surface area contributed by atoms with E-state index in [1.165, 1.54) is 18.4 Å². The zero-order chi connectivity index (χ0) is 11.5.